The quantitative estimate of drug-likeness (QED) is 0.505. The molecule has 4 rings (SSSR count). The van der Waals surface area contributed by atoms with Crippen molar-refractivity contribution in [3.05, 3.63) is 44.5 Å². The summed E-state index contributed by atoms with van der Waals surface area (Å²) in [5.41, 5.74) is 10.0. The summed E-state index contributed by atoms with van der Waals surface area (Å²) in [4.78, 5) is 17.2. The van der Waals surface area contributed by atoms with Crippen LogP contribution in [0.5, 0.6) is 0 Å². The first-order valence-electron chi connectivity index (χ1n) is 9.39. The second-order valence-corrected chi connectivity index (χ2v) is 8.43. The largest absolute Gasteiger partial charge is 0.365 e. The fourth-order valence-corrected chi connectivity index (χ4v) is 4.58. The Labute approximate surface area is 172 Å². The number of carbonyl (C=O) groups is 1. The first-order chi connectivity index (χ1) is 13.0. The number of rotatable bonds is 4. The molecule has 1 aliphatic heterocycles. The number of halogens is 1. The highest BCUT2D eigenvalue weighted by molar-refractivity contribution is 14.1. The zero-order chi connectivity index (χ0) is 19.0. The van der Waals surface area contributed by atoms with E-state index in [1.807, 2.05) is 31.2 Å². The van der Waals surface area contributed by atoms with Gasteiger partial charge < -0.3 is 21.7 Å². The summed E-state index contributed by atoms with van der Waals surface area (Å²) in [6, 6.07) is 8.41. The number of carbonyl (C=O) groups excluding carboxylic acids is 1. The average molecular weight is 477 g/mol. The fourth-order valence-electron chi connectivity index (χ4n) is 3.84. The number of aryl methyl sites for hydroxylation is 1. The molecular weight excluding hydrogens is 453 g/mol. The molecule has 142 valence electrons. The van der Waals surface area contributed by atoms with Crippen molar-refractivity contribution in [3.63, 3.8) is 0 Å². The molecule has 2 aromatic rings. The molecular formula is C20H24IN5O. The number of nitrogens with two attached hydrogens (primary N) is 1. The highest BCUT2D eigenvalue weighted by atomic mass is 127. The average Bonchev–Trinajstić information content (AvgIpc) is 3.03. The van der Waals surface area contributed by atoms with Crippen LogP contribution in [-0.2, 0) is 6.54 Å². The van der Waals surface area contributed by atoms with Gasteiger partial charge in [-0.3, -0.25) is 4.79 Å². The molecule has 0 unspecified atom stereocenters. The first kappa shape index (κ1) is 18.5. The Morgan fingerprint density at radius 1 is 1.26 bits per heavy atom. The monoisotopic (exact) mass is 477 g/mol. The third-order valence-corrected chi connectivity index (χ3v) is 6.47. The van der Waals surface area contributed by atoms with E-state index in [4.69, 9.17) is 10.7 Å². The number of fused-ring (bicyclic) bond motifs is 1. The molecule has 2 atom stereocenters. The van der Waals surface area contributed by atoms with Gasteiger partial charge in [0.2, 0.25) is 0 Å². The molecule has 7 heteroatoms. The van der Waals surface area contributed by atoms with E-state index in [-0.39, 0.29) is 18.0 Å². The van der Waals surface area contributed by atoms with Crippen molar-refractivity contribution >= 4 is 45.8 Å². The van der Waals surface area contributed by atoms with Crippen molar-refractivity contribution in [1.82, 2.24) is 10.3 Å². The van der Waals surface area contributed by atoms with Crippen LogP contribution in [0.2, 0.25) is 0 Å². The predicted molar refractivity (Wildman–Crippen MR) is 116 cm³/mol. The maximum absolute atomic E-state index is 12.4. The van der Waals surface area contributed by atoms with E-state index < -0.39 is 0 Å². The number of amides is 1. The van der Waals surface area contributed by atoms with E-state index in [0.717, 1.165) is 39.0 Å². The molecule has 1 aliphatic carbocycles. The summed E-state index contributed by atoms with van der Waals surface area (Å²) < 4.78 is 0.994. The van der Waals surface area contributed by atoms with E-state index in [0.29, 0.717) is 17.9 Å². The van der Waals surface area contributed by atoms with Gasteiger partial charge >= 0.3 is 0 Å². The van der Waals surface area contributed by atoms with E-state index in [1.54, 1.807) is 0 Å². The fraction of sp³-hybridized carbons (Fsp3) is 0.400. The Kier molecular flexibility index (Phi) is 5.23. The molecule has 0 saturated heterocycles. The van der Waals surface area contributed by atoms with Crippen LogP contribution in [0.4, 0.5) is 17.3 Å². The summed E-state index contributed by atoms with van der Waals surface area (Å²) in [5, 5.41) is 9.83. The van der Waals surface area contributed by atoms with Gasteiger partial charge in [-0.1, -0.05) is 25.0 Å². The van der Waals surface area contributed by atoms with Crippen molar-refractivity contribution in [2.24, 2.45) is 5.73 Å². The van der Waals surface area contributed by atoms with Crippen LogP contribution in [0.25, 0.3) is 0 Å². The molecule has 0 radical (unpaired) electrons. The minimum absolute atomic E-state index is 0.0773. The van der Waals surface area contributed by atoms with Crippen LogP contribution in [0.3, 0.4) is 0 Å². The van der Waals surface area contributed by atoms with Crippen LogP contribution in [0, 0.1) is 10.5 Å². The number of hydrogen-bond acceptors (Lipinski definition) is 5. The van der Waals surface area contributed by atoms with Gasteiger partial charge in [0.1, 0.15) is 11.6 Å². The Hall–Kier alpha value is -1.87. The lowest BCUT2D eigenvalue weighted by Crippen LogP contribution is -2.43. The molecule has 5 N–H and O–H groups in total. The summed E-state index contributed by atoms with van der Waals surface area (Å²) in [7, 11) is 0. The smallest absolute Gasteiger partial charge is 0.255 e. The maximum atomic E-state index is 12.4. The molecule has 1 fully saturated rings. The predicted octanol–water partition coefficient (Wildman–Crippen LogP) is 3.66. The lowest BCUT2D eigenvalue weighted by Gasteiger charge is -2.30. The third-order valence-electron chi connectivity index (χ3n) is 5.31. The number of pyridine rings is 1. The number of anilines is 3. The van der Waals surface area contributed by atoms with Crippen LogP contribution in [-0.4, -0.2) is 23.0 Å². The normalized spacial score (nSPS) is 21.5. The Morgan fingerprint density at radius 3 is 2.85 bits per heavy atom. The lowest BCUT2D eigenvalue weighted by atomic mass is 9.91. The number of hydrogen-bond donors (Lipinski definition) is 4. The van der Waals surface area contributed by atoms with Crippen molar-refractivity contribution in [2.75, 3.05) is 10.6 Å². The highest BCUT2D eigenvalue weighted by Gasteiger charge is 2.30. The minimum atomic E-state index is -0.0773. The van der Waals surface area contributed by atoms with E-state index in [2.05, 4.69) is 38.5 Å². The second-order valence-electron chi connectivity index (χ2n) is 7.35. The summed E-state index contributed by atoms with van der Waals surface area (Å²) in [6.07, 6.45) is 4.45. The highest BCUT2D eigenvalue weighted by Crippen LogP contribution is 2.34. The molecule has 2 heterocycles. The maximum Gasteiger partial charge on any atom is 0.255 e. The zero-order valence-corrected chi connectivity index (χ0v) is 17.5. The molecule has 27 heavy (non-hydrogen) atoms. The van der Waals surface area contributed by atoms with Gasteiger partial charge in [-0.05, 0) is 60.1 Å². The van der Waals surface area contributed by atoms with Gasteiger partial charge in [0.15, 0.2) is 0 Å². The van der Waals surface area contributed by atoms with Crippen molar-refractivity contribution in [3.8, 4) is 0 Å². The lowest BCUT2D eigenvalue weighted by molar-refractivity contribution is 0.0966. The van der Waals surface area contributed by atoms with Crippen LogP contribution < -0.4 is 21.7 Å². The van der Waals surface area contributed by atoms with Gasteiger partial charge in [0, 0.05) is 29.9 Å². The van der Waals surface area contributed by atoms with Gasteiger partial charge in [-0.2, -0.15) is 0 Å². The number of aromatic nitrogens is 1. The molecule has 2 aliphatic rings. The van der Waals surface area contributed by atoms with Crippen molar-refractivity contribution in [2.45, 2.75) is 51.2 Å². The number of nitrogens with one attached hydrogen (secondary N) is 3. The number of nitrogens with zero attached hydrogens (tertiary/aromatic N) is 1. The van der Waals surface area contributed by atoms with Gasteiger partial charge in [-0.25, -0.2) is 4.98 Å². The van der Waals surface area contributed by atoms with Crippen LogP contribution >= 0.6 is 22.6 Å². The molecule has 1 amide bonds. The molecule has 1 saturated carbocycles. The Bertz CT molecular complexity index is 885. The molecule has 0 bridgehead atoms. The topological polar surface area (TPSA) is 92.1 Å². The Morgan fingerprint density at radius 2 is 2.07 bits per heavy atom. The zero-order valence-electron chi connectivity index (χ0n) is 15.3. The van der Waals surface area contributed by atoms with Crippen LogP contribution in [0.15, 0.2) is 24.3 Å². The SMILES string of the molecule is Cc1cccc(Nc2nc(N[C@@H]3CCCC[C@@H]3N)c(I)c3c2C(=O)NC3)c1. The molecule has 1 aromatic heterocycles. The summed E-state index contributed by atoms with van der Waals surface area (Å²) in [5.74, 6) is 1.33. The minimum Gasteiger partial charge on any atom is -0.365 e. The Balaban J connectivity index is 1.71. The first-order valence-corrected chi connectivity index (χ1v) is 10.5. The molecule has 6 nitrogen and oxygen atoms in total. The van der Waals surface area contributed by atoms with E-state index in [1.165, 1.54) is 12.8 Å². The van der Waals surface area contributed by atoms with Gasteiger partial charge in [0.05, 0.1) is 9.13 Å². The summed E-state index contributed by atoms with van der Waals surface area (Å²) >= 11 is 2.29. The van der Waals surface area contributed by atoms with E-state index >= 15 is 0 Å². The van der Waals surface area contributed by atoms with Crippen molar-refractivity contribution in [1.29, 1.82) is 0 Å². The molecule has 1 aromatic carbocycles. The van der Waals surface area contributed by atoms with Crippen LogP contribution in [0.1, 0.15) is 47.2 Å². The van der Waals surface area contributed by atoms with Gasteiger partial charge in [0.25, 0.3) is 5.91 Å². The second kappa shape index (κ2) is 7.63. The third kappa shape index (κ3) is 3.75. The van der Waals surface area contributed by atoms with Crippen molar-refractivity contribution < 1.29 is 4.79 Å². The van der Waals surface area contributed by atoms with Gasteiger partial charge in [-0.15, -0.1) is 0 Å². The van der Waals surface area contributed by atoms with E-state index in [9.17, 15) is 4.79 Å². The summed E-state index contributed by atoms with van der Waals surface area (Å²) in [6.45, 7) is 2.57. The number of benzene rings is 1. The standard InChI is InChI=1S/C20H24IN5O/c1-11-5-4-6-12(9-11)24-18-16-13(10-23-20(16)27)17(21)19(26-18)25-15-8-3-2-7-14(15)22/h4-6,9,14-15H,2-3,7-8,10,22H2,1H3,(H,23,27)(H2,24,25,26)/t14-,15+/m0/s1. The molecule has 0 spiro atoms.